The minimum absolute atomic E-state index is 0.00362. The summed E-state index contributed by atoms with van der Waals surface area (Å²) < 4.78 is 0. The molecule has 3 rings (SSSR count). The van der Waals surface area contributed by atoms with Crippen LogP contribution in [0.15, 0.2) is 54.6 Å². The average molecular weight is 410 g/mol. The lowest BCUT2D eigenvalue weighted by Gasteiger charge is -2.17. The Bertz CT molecular complexity index is 808. The topological polar surface area (TPSA) is 81.7 Å². The van der Waals surface area contributed by atoms with Gasteiger partial charge in [-0.05, 0) is 41.9 Å². The molecule has 3 N–H and O–H groups in total. The van der Waals surface area contributed by atoms with Gasteiger partial charge in [0, 0.05) is 32.8 Å². The van der Waals surface area contributed by atoms with Crippen molar-refractivity contribution in [3.63, 3.8) is 0 Å². The van der Waals surface area contributed by atoms with Gasteiger partial charge in [0.25, 0.3) is 0 Å². The van der Waals surface area contributed by atoms with Crippen molar-refractivity contribution in [1.29, 1.82) is 0 Å². The van der Waals surface area contributed by atoms with Crippen LogP contribution in [0.3, 0.4) is 0 Å². The fraction of sp³-hybridized carbons (Fsp3) is 0.417. The molecule has 1 unspecified atom stereocenters. The zero-order valence-electron chi connectivity index (χ0n) is 17.3. The van der Waals surface area contributed by atoms with E-state index in [1.54, 1.807) is 0 Å². The maximum atomic E-state index is 12.4. The molecule has 1 heterocycles. The van der Waals surface area contributed by atoms with Crippen molar-refractivity contribution in [2.75, 3.05) is 26.2 Å². The van der Waals surface area contributed by atoms with Crippen molar-refractivity contribution in [2.45, 2.75) is 32.2 Å². The summed E-state index contributed by atoms with van der Waals surface area (Å²) in [5, 5.41) is 14.6. The first-order valence-corrected chi connectivity index (χ1v) is 10.7. The van der Waals surface area contributed by atoms with E-state index in [0.29, 0.717) is 31.8 Å². The molecule has 2 aromatic carbocycles. The Morgan fingerprint density at radius 2 is 1.70 bits per heavy atom. The monoisotopic (exact) mass is 409 g/mol. The first-order valence-electron chi connectivity index (χ1n) is 10.7. The van der Waals surface area contributed by atoms with E-state index in [-0.39, 0.29) is 18.5 Å². The smallest absolute Gasteiger partial charge is 0.317 e. The zero-order chi connectivity index (χ0) is 21.2. The highest BCUT2D eigenvalue weighted by molar-refractivity contribution is 5.78. The molecule has 0 aromatic heterocycles. The van der Waals surface area contributed by atoms with Crippen molar-refractivity contribution in [2.24, 2.45) is 5.92 Å². The van der Waals surface area contributed by atoms with Crippen LogP contribution >= 0.6 is 0 Å². The van der Waals surface area contributed by atoms with E-state index in [9.17, 15) is 9.59 Å². The Morgan fingerprint density at radius 3 is 2.43 bits per heavy atom. The summed E-state index contributed by atoms with van der Waals surface area (Å²) in [4.78, 5) is 26.2. The summed E-state index contributed by atoms with van der Waals surface area (Å²) in [5.74, 6) is 0.434. The third-order valence-corrected chi connectivity index (χ3v) is 5.43. The lowest BCUT2D eigenvalue weighted by atomic mass is 9.97. The van der Waals surface area contributed by atoms with E-state index < -0.39 is 0 Å². The van der Waals surface area contributed by atoms with Crippen LogP contribution in [0.1, 0.15) is 29.5 Å². The van der Waals surface area contributed by atoms with Gasteiger partial charge >= 0.3 is 6.03 Å². The minimum Gasteiger partial charge on any atom is -0.396 e. The largest absolute Gasteiger partial charge is 0.396 e. The fourth-order valence-corrected chi connectivity index (χ4v) is 3.75. The van der Waals surface area contributed by atoms with E-state index in [4.69, 9.17) is 5.11 Å². The second-order valence-corrected chi connectivity index (χ2v) is 7.87. The van der Waals surface area contributed by atoms with E-state index in [1.807, 2.05) is 47.4 Å². The van der Waals surface area contributed by atoms with Crippen molar-refractivity contribution in [3.05, 3.63) is 71.3 Å². The van der Waals surface area contributed by atoms with Crippen molar-refractivity contribution in [1.82, 2.24) is 15.5 Å². The van der Waals surface area contributed by atoms with Gasteiger partial charge in [0.2, 0.25) is 5.91 Å². The van der Waals surface area contributed by atoms with E-state index in [2.05, 4.69) is 22.8 Å². The second kappa shape index (κ2) is 11.4. The van der Waals surface area contributed by atoms with Crippen LogP contribution in [0.25, 0.3) is 0 Å². The summed E-state index contributed by atoms with van der Waals surface area (Å²) in [5.41, 5.74) is 3.31. The Balaban J connectivity index is 1.40. The SMILES string of the molecule is O=C(Cc1ccc(CC2CCN(C(=O)NCc3ccccc3)C2)cc1)NCCCO. The van der Waals surface area contributed by atoms with Gasteiger partial charge in [-0.25, -0.2) is 4.79 Å². The number of nitrogens with zero attached hydrogens (tertiary/aromatic N) is 1. The number of rotatable bonds is 9. The fourth-order valence-electron chi connectivity index (χ4n) is 3.75. The number of aliphatic hydroxyl groups is 1. The van der Waals surface area contributed by atoms with Gasteiger partial charge in [-0.1, -0.05) is 54.6 Å². The van der Waals surface area contributed by atoms with Gasteiger partial charge in [0.15, 0.2) is 0 Å². The molecule has 1 aliphatic heterocycles. The van der Waals surface area contributed by atoms with Gasteiger partial charge in [0.1, 0.15) is 0 Å². The van der Waals surface area contributed by atoms with Crippen molar-refractivity contribution >= 4 is 11.9 Å². The molecule has 2 aromatic rings. The molecule has 1 atom stereocenters. The van der Waals surface area contributed by atoms with Gasteiger partial charge in [-0.3, -0.25) is 4.79 Å². The molecule has 0 bridgehead atoms. The molecular formula is C24H31N3O3. The molecule has 6 nitrogen and oxygen atoms in total. The number of likely N-dealkylation sites (tertiary alicyclic amines) is 1. The number of nitrogens with one attached hydrogen (secondary N) is 2. The van der Waals surface area contributed by atoms with Crippen LogP contribution < -0.4 is 10.6 Å². The quantitative estimate of drug-likeness (QED) is 0.557. The minimum atomic E-state index is -0.0239. The van der Waals surface area contributed by atoms with Crippen LogP contribution in [-0.2, 0) is 24.2 Å². The van der Waals surface area contributed by atoms with E-state index in [1.165, 1.54) is 5.56 Å². The van der Waals surface area contributed by atoms with Crippen LogP contribution in [0, 0.1) is 5.92 Å². The number of hydrogen-bond donors (Lipinski definition) is 3. The summed E-state index contributed by atoms with van der Waals surface area (Å²) in [7, 11) is 0. The highest BCUT2D eigenvalue weighted by atomic mass is 16.3. The molecule has 0 spiro atoms. The molecule has 1 fully saturated rings. The Kier molecular flexibility index (Phi) is 8.27. The Labute approximate surface area is 178 Å². The van der Waals surface area contributed by atoms with Crippen molar-refractivity contribution in [3.8, 4) is 0 Å². The number of amides is 3. The predicted molar refractivity (Wildman–Crippen MR) is 117 cm³/mol. The molecule has 30 heavy (non-hydrogen) atoms. The number of urea groups is 1. The van der Waals surface area contributed by atoms with Gasteiger partial charge in [-0.15, -0.1) is 0 Å². The highest BCUT2D eigenvalue weighted by Crippen LogP contribution is 2.21. The lowest BCUT2D eigenvalue weighted by Crippen LogP contribution is -2.38. The Morgan fingerprint density at radius 1 is 0.967 bits per heavy atom. The summed E-state index contributed by atoms with van der Waals surface area (Å²) in [6, 6.07) is 18.1. The van der Waals surface area contributed by atoms with Crippen LogP contribution in [0.5, 0.6) is 0 Å². The standard InChI is InChI=1S/C24H31N3O3/c28-14-4-12-25-23(29)16-20-9-7-19(8-10-20)15-22-11-13-27(18-22)24(30)26-17-21-5-2-1-3-6-21/h1-3,5-10,22,28H,4,11-18H2,(H,25,29)(H,26,30). The maximum absolute atomic E-state index is 12.4. The molecule has 0 saturated carbocycles. The van der Waals surface area contributed by atoms with E-state index >= 15 is 0 Å². The lowest BCUT2D eigenvalue weighted by molar-refractivity contribution is -0.120. The maximum Gasteiger partial charge on any atom is 0.317 e. The van der Waals surface area contributed by atoms with Crippen LogP contribution in [0.2, 0.25) is 0 Å². The number of carbonyl (C=O) groups excluding carboxylic acids is 2. The zero-order valence-corrected chi connectivity index (χ0v) is 17.3. The van der Waals surface area contributed by atoms with Crippen molar-refractivity contribution < 1.29 is 14.7 Å². The first kappa shape index (κ1) is 21.8. The van der Waals surface area contributed by atoms with Crippen LogP contribution in [-0.4, -0.2) is 48.2 Å². The molecule has 1 saturated heterocycles. The first-order chi connectivity index (χ1) is 14.6. The van der Waals surface area contributed by atoms with E-state index in [0.717, 1.165) is 37.1 Å². The molecule has 1 aliphatic rings. The molecule has 160 valence electrons. The third kappa shape index (κ3) is 6.88. The summed E-state index contributed by atoms with van der Waals surface area (Å²) in [6.45, 7) is 2.70. The average Bonchev–Trinajstić information content (AvgIpc) is 3.23. The number of carbonyl (C=O) groups is 2. The molecule has 3 amide bonds. The predicted octanol–water partition coefficient (Wildman–Crippen LogP) is 2.50. The number of aliphatic hydroxyl groups excluding tert-OH is 1. The summed E-state index contributed by atoms with van der Waals surface area (Å²) in [6.07, 6.45) is 2.87. The molecule has 0 radical (unpaired) electrons. The number of benzene rings is 2. The van der Waals surface area contributed by atoms with Crippen LogP contribution in [0.4, 0.5) is 4.79 Å². The molecule has 0 aliphatic carbocycles. The number of hydrogen-bond acceptors (Lipinski definition) is 3. The van der Waals surface area contributed by atoms with Gasteiger partial charge < -0.3 is 20.6 Å². The second-order valence-electron chi connectivity index (χ2n) is 7.87. The van der Waals surface area contributed by atoms with Gasteiger partial charge in [0.05, 0.1) is 6.42 Å². The normalized spacial score (nSPS) is 15.8. The summed E-state index contributed by atoms with van der Waals surface area (Å²) >= 11 is 0. The highest BCUT2D eigenvalue weighted by Gasteiger charge is 2.26. The molecular weight excluding hydrogens is 378 g/mol. The Hall–Kier alpha value is -2.86. The van der Waals surface area contributed by atoms with Gasteiger partial charge in [-0.2, -0.15) is 0 Å². The molecule has 6 heteroatoms. The third-order valence-electron chi connectivity index (χ3n) is 5.43.